The van der Waals surface area contributed by atoms with E-state index in [-0.39, 0.29) is 0 Å². The molecule has 5 aromatic rings. The van der Waals surface area contributed by atoms with Gasteiger partial charge in [0.2, 0.25) is 11.2 Å². The molecule has 3 aromatic heterocycles. The number of rotatable bonds is 9. The minimum Gasteiger partial charge on any atom is -0.380 e. The minimum absolute atomic E-state index is 0.471. The molecular weight excluding hydrogens is 446 g/mol. The Morgan fingerprint density at radius 1 is 0.806 bits per heavy atom. The van der Waals surface area contributed by atoms with Gasteiger partial charge in [-0.2, -0.15) is 9.55 Å². The first-order valence-corrected chi connectivity index (χ1v) is 12.4. The molecule has 36 heavy (non-hydrogen) atoms. The molecule has 3 N–H and O–H groups in total. The van der Waals surface area contributed by atoms with Crippen LogP contribution in [0.4, 0.5) is 11.5 Å². The Morgan fingerprint density at radius 2 is 1.42 bits per heavy atom. The average Bonchev–Trinajstić information content (AvgIpc) is 3.32. The Labute approximate surface area is 211 Å². The highest BCUT2D eigenvalue weighted by Gasteiger charge is 2.14. The molecule has 7 heteroatoms. The minimum atomic E-state index is 0.471. The van der Waals surface area contributed by atoms with Crippen molar-refractivity contribution >= 4 is 22.7 Å². The van der Waals surface area contributed by atoms with Gasteiger partial charge in [-0.1, -0.05) is 41.4 Å². The lowest BCUT2D eigenvalue weighted by Gasteiger charge is -2.10. The first-order chi connectivity index (χ1) is 17.6. The summed E-state index contributed by atoms with van der Waals surface area (Å²) in [6.45, 7) is 0.741. The van der Waals surface area contributed by atoms with Crippen molar-refractivity contribution in [2.75, 3.05) is 24.7 Å². The molecular formula is C29H33N7+2. The molecule has 0 amide bonds. The van der Waals surface area contributed by atoms with Gasteiger partial charge in [-0.25, -0.2) is 4.57 Å². The fraction of sp³-hybridized carbons (Fsp3) is 0.241. The van der Waals surface area contributed by atoms with E-state index in [2.05, 4.69) is 116 Å². The predicted molar refractivity (Wildman–Crippen MR) is 143 cm³/mol. The van der Waals surface area contributed by atoms with Gasteiger partial charge >= 0.3 is 5.65 Å². The summed E-state index contributed by atoms with van der Waals surface area (Å²) < 4.78 is 4.21. The number of hydrogen-bond acceptors (Lipinski definition) is 4. The number of imidazole rings is 1. The summed E-state index contributed by atoms with van der Waals surface area (Å²) in [4.78, 5) is 13.7. The third-order valence-corrected chi connectivity index (χ3v) is 6.61. The van der Waals surface area contributed by atoms with Crippen LogP contribution in [-0.4, -0.2) is 29.0 Å². The number of benzene rings is 2. The quantitative estimate of drug-likeness (QED) is 0.249. The van der Waals surface area contributed by atoms with Crippen molar-refractivity contribution in [2.45, 2.75) is 32.2 Å². The van der Waals surface area contributed by atoms with Gasteiger partial charge in [-0.15, -0.1) is 0 Å². The summed E-state index contributed by atoms with van der Waals surface area (Å²) in [5, 5.41) is 0. The maximum absolute atomic E-state index is 5.92. The number of nitrogens with one attached hydrogen (secondary N) is 1. The van der Waals surface area contributed by atoms with Crippen LogP contribution in [0.2, 0.25) is 0 Å². The average molecular weight is 480 g/mol. The monoisotopic (exact) mass is 479 g/mol. The van der Waals surface area contributed by atoms with Crippen molar-refractivity contribution < 1.29 is 9.13 Å². The smallest absolute Gasteiger partial charge is 0.307 e. The van der Waals surface area contributed by atoms with E-state index in [0.717, 1.165) is 30.6 Å². The third kappa shape index (κ3) is 5.35. The van der Waals surface area contributed by atoms with Crippen molar-refractivity contribution in [2.24, 2.45) is 0 Å². The summed E-state index contributed by atoms with van der Waals surface area (Å²) in [6, 6.07) is 22.0. The number of nitrogens with two attached hydrogens (primary N) is 1. The molecule has 0 spiro atoms. The number of aryl methyl sites for hydroxylation is 2. The maximum atomic E-state index is 5.92. The van der Waals surface area contributed by atoms with E-state index >= 15 is 0 Å². The van der Waals surface area contributed by atoms with Crippen LogP contribution in [0.3, 0.4) is 0 Å². The van der Waals surface area contributed by atoms with Gasteiger partial charge in [0.15, 0.2) is 30.9 Å². The second-order valence-electron chi connectivity index (χ2n) is 9.41. The molecule has 0 fully saturated rings. The van der Waals surface area contributed by atoms with Gasteiger partial charge in [0.1, 0.15) is 0 Å². The number of fused-ring (bicyclic) bond motifs is 1. The number of nitrogen functional groups attached to an aromatic ring is 1. The Hall–Kier alpha value is -4.26. The van der Waals surface area contributed by atoms with Crippen LogP contribution in [0.5, 0.6) is 0 Å². The summed E-state index contributed by atoms with van der Waals surface area (Å²) in [6.07, 6.45) is 12.2. The van der Waals surface area contributed by atoms with Crippen molar-refractivity contribution in [1.82, 2.24) is 15.0 Å². The summed E-state index contributed by atoms with van der Waals surface area (Å²) >= 11 is 0. The molecule has 3 heterocycles. The molecule has 0 atom stereocenters. The van der Waals surface area contributed by atoms with E-state index < -0.39 is 0 Å². The van der Waals surface area contributed by atoms with E-state index in [9.17, 15) is 0 Å². The Kier molecular flexibility index (Phi) is 6.89. The number of nitrogens with zero attached hydrogens (tertiary/aromatic N) is 5. The Balaban J connectivity index is 1.10. The number of aromatic amines is 1. The molecule has 0 bridgehead atoms. The highest BCUT2D eigenvalue weighted by atomic mass is 15.1. The lowest BCUT2D eigenvalue weighted by atomic mass is 10.0. The van der Waals surface area contributed by atoms with Gasteiger partial charge in [0, 0.05) is 44.0 Å². The van der Waals surface area contributed by atoms with Crippen molar-refractivity contribution in [3.63, 3.8) is 0 Å². The largest absolute Gasteiger partial charge is 0.380 e. The highest BCUT2D eigenvalue weighted by Crippen LogP contribution is 2.14. The van der Waals surface area contributed by atoms with Crippen LogP contribution in [0.15, 0.2) is 85.7 Å². The molecule has 2 aromatic carbocycles. The molecule has 0 aliphatic rings. The van der Waals surface area contributed by atoms with E-state index in [1.54, 1.807) is 0 Å². The van der Waals surface area contributed by atoms with Crippen LogP contribution < -0.4 is 19.8 Å². The fourth-order valence-corrected chi connectivity index (χ4v) is 4.46. The summed E-state index contributed by atoms with van der Waals surface area (Å²) in [5.74, 6) is 0.471. The van der Waals surface area contributed by atoms with Gasteiger partial charge < -0.3 is 10.6 Å². The molecule has 0 radical (unpaired) electrons. The normalized spacial score (nSPS) is 11.2. The first kappa shape index (κ1) is 23.5. The topological polar surface area (TPSA) is 78.6 Å². The molecule has 182 valence electrons. The van der Waals surface area contributed by atoms with Crippen molar-refractivity contribution in [3.8, 4) is 5.69 Å². The third-order valence-electron chi connectivity index (χ3n) is 6.61. The zero-order valence-corrected chi connectivity index (χ0v) is 20.9. The van der Waals surface area contributed by atoms with Crippen LogP contribution in [0.1, 0.15) is 29.5 Å². The second-order valence-corrected chi connectivity index (χ2v) is 9.41. The van der Waals surface area contributed by atoms with Crippen LogP contribution in [-0.2, 0) is 19.4 Å². The molecule has 0 aliphatic heterocycles. The number of H-pyrrole nitrogens is 1. The van der Waals surface area contributed by atoms with Crippen LogP contribution >= 0.6 is 0 Å². The fourth-order valence-electron chi connectivity index (χ4n) is 4.46. The highest BCUT2D eigenvalue weighted by molar-refractivity contribution is 5.77. The number of unbranched alkanes of at least 4 members (excludes halogenated alkanes) is 1. The number of pyridine rings is 1. The molecule has 5 rings (SSSR count). The van der Waals surface area contributed by atoms with E-state index in [0.29, 0.717) is 5.82 Å². The molecule has 0 aliphatic carbocycles. The molecule has 0 unspecified atom stereocenters. The van der Waals surface area contributed by atoms with Gasteiger partial charge in [0.05, 0.1) is 6.54 Å². The van der Waals surface area contributed by atoms with E-state index in [4.69, 9.17) is 5.73 Å². The van der Waals surface area contributed by atoms with E-state index in [1.165, 1.54) is 47.2 Å². The zero-order chi connectivity index (χ0) is 24.9. The van der Waals surface area contributed by atoms with Gasteiger partial charge in [-0.3, -0.25) is 4.98 Å². The van der Waals surface area contributed by atoms with Crippen molar-refractivity contribution in [3.05, 3.63) is 102 Å². The Morgan fingerprint density at radius 3 is 2.06 bits per heavy atom. The summed E-state index contributed by atoms with van der Waals surface area (Å²) in [7, 11) is 4.12. The van der Waals surface area contributed by atoms with Gasteiger partial charge in [0.25, 0.3) is 0 Å². The Bertz CT molecular complexity index is 1420. The standard InChI is InChI=1S/C29H32N7/c1-34(2)25-15-17-35(18-16-25)26-13-11-23(12-14-26)6-4-3-5-22-7-9-24(10-8-22)19-36-21-33-27-28(30)31-20-32-29(27)36/h7-18,20-21H,3-6,19H2,1-2H3,(H2,30,31,32)/q+1/p+1. The second kappa shape index (κ2) is 10.6. The van der Waals surface area contributed by atoms with Crippen molar-refractivity contribution in [1.29, 1.82) is 0 Å². The maximum Gasteiger partial charge on any atom is 0.307 e. The predicted octanol–water partition coefficient (Wildman–Crippen LogP) is 3.78. The SMILES string of the molecule is CN(C)c1cc[n+](-c2ccc(CCCCc3ccc(C[n+]4c[nH]c5c(N)ncnc54)cc3)cc2)cc1. The van der Waals surface area contributed by atoms with Gasteiger partial charge in [-0.05, 0) is 42.4 Å². The molecule has 0 saturated heterocycles. The van der Waals surface area contributed by atoms with E-state index in [1.807, 2.05) is 6.33 Å². The summed E-state index contributed by atoms with van der Waals surface area (Å²) in [5.41, 5.74) is 13.9. The zero-order valence-electron chi connectivity index (χ0n) is 20.9. The lowest BCUT2D eigenvalue weighted by Crippen LogP contribution is -2.33. The number of anilines is 2. The first-order valence-electron chi connectivity index (χ1n) is 12.4. The number of aromatic nitrogens is 5. The van der Waals surface area contributed by atoms with Crippen LogP contribution in [0, 0.1) is 0 Å². The van der Waals surface area contributed by atoms with Crippen LogP contribution in [0.25, 0.3) is 16.9 Å². The molecule has 0 saturated carbocycles. The number of hydrogen-bond donors (Lipinski definition) is 2. The molecule has 7 nitrogen and oxygen atoms in total. The lowest BCUT2D eigenvalue weighted by molar-refractivity contribution is -0.664.